The fourth-order valence-corrected chi connectivity index (χ4v) is 5.59. The van der Waals surface area contributed by atoms with Gasteiger partial charge in [0.25, 0.3) is 0 Å². The Kier molecular flexibility index (Phi) is 11.6. The molecule has 0 unspecified atom stereocenters. The molecule has 0 aromatic heterocycles. The molecular formula is C24H42B2F2. The molecule has 0 saturated heterocycles. The monoisotopic (exact) mass is 390 g/mol. The number of halogens is 2. The quantitative estimate of drug-likeness (QED) is 0.188. The van der Waals surface area contributed by atoms with Crippen molar-refractivity contribution >= 4 is 14.0 Å². The second kappa shape index (κ2) is 13.6. The molecule has 0 atom stereocenters. The molecule has 2 aliphatic rings. The lowest BCUT2D eigenvalue weighted by Gasteiger charge is -2.37. The summed E-state index contributed by atoms with van der Waals surface area (Å²) in [6.45, 7) is 4.68. The normalized spacial score (nSPS) is 20.4. The van der Waals surface area contributed by atoms with E-state index in [0.717, 1.165) is 37.6 Å². The van der Waals surface area contributed by atoms with Crippen LogP contribution in [0.3, 0.4) is 0 Å². The van der Waals surface area contributed by atoms with Crippen LogP contribution >= 0.6 is 0 Å². The molecular weight excluding hydrogens is 348 g/mol. The van der Waals surface area contributed by atoms with Gasteiger partial charge in [-0.15, -0.1) is 0 Å². The summed E-state index contributed by atoms with van der Waals surface area (Å²) in [4.78, 5) is 0. The van der Waals surface area contributed by atoms with Crippen LogP contribution in [0.25, 0.3) is 0 Å². The highest BCUT2D eigenvalue weighted by molar-refractivity contribution is 6.73. The standard InChI is InChI=1S/C24H42B2F2/c1-3-5-7-14-20-23(24(26(27)28)19-6-4-2)25(21-15-10-8-11-16-21)22-17-12-9-13-18-22/h14,20-22H,3-13,15-19H2,1-2H3/b20-14+,24-23-. The summed E-state index contributed by atoms with van der Waals surface area (Å²) in [6.07, 6.45) is 23.0. The van der Waals surface area contributed by atoms with Gasteiger partial charge in [0.2, 0.25) is 0 Å². The van der Waals surface area contributed by atoms with Crippen molar-refractivity contribution in [3.63, 3.8) is 0 Å². The highest BCUT2D eigenvalue weighted by atomic mass is 19.2. The third-order valence-corrected chi connectivity index (χ3v) is 7.13. The van der Waals surface area contributed by atoms with E-state index in [1.807, 2.05) is 0 Å². The second-order valence-corrected chi connectivity index (χ2v) is 9.25. The van der Waals surface area contributed by atoms with Gasteiger partial charge in [0, 0.05) is 0 Å². The van der Waals surface area contributed by atoms with Gasteiger partial charge in [-0.1, -0.05) is 133 Å². The molecule has 0 N–H and O–H groups in total. The average Bonchev–Trinajstić information content (AvgIpc) is 2.72. The first-order valence-electron chi connectivity index (χ1n) is 12.4. The molecule has 2 rings (SSSR count). The zero-order valence-corrected chi connectivity index (χ0v) is 18.5. The smallest absolute Gasteiger partial charge is 0.281 e. The first-order chi connectivity index (χ1) is 13.7. The molecule has 0 aliphatic heterocycles. The molecule has 158 valence electrons. The van der Waals surface area contributed by atoms with Crippen molar-refractivity contribution in [2.45, 2.75) is 128 Å². The maximum absolute atomic E-state index is 14.3. The van der Waals surface area contributed by atoms with Crippen LogP contribution in [0.2, 0.25) is 11.6 Å². The van der Waals surface area contributed by atoms with Crippen LogP contribution in [0, 0.1) is 0 Å². The van der Waals surface area contributed by atoms with E-state index < -0.39 is 7.27 Å². The minimum atomic E-state index is -2.30. The number of rotatable bonds is 11. The summed E-state index contributed by atoms with van der Waals surface area (Å²) in [7, 11) is -2.30. The van der Waals surface area contributed by atoms with Gasteiger partial charge in [-0.05, 0) is 18.3 Å². The highest BCUT2D eigenvalue weighted by Gasteiger charge is 2.39. The van der Waals surface area contributed by atoms with E-state index in [0.29, 0.717) is 30.2 Å². The Morgan fingerprint density at radius 1 is 0.821 bits per heavy atom. The topological polar surface area (TPSA) is 0 Å². The van der Waals surface area contributed by atoms with Crippen LogP contribution in [-0.4, -0.2) is 14.0 Å². The van der Waals surface area contributed by atoms with E-state index in [1.54, 1.807) is 0 Å². The number of allylic oxidation sites excluding steroid dienone is 4. The molecule has 0 amide bonds. The maximum atomic E-state index is 14.3. The number of hydrogen-bond acceptors (Lipinski definition) is 0. The molecule has 0 spiro atoms. The van der Waals surface area contributed by atoms with Crippen LogP contribution in [-0.2, 0) is 0 Å². The van der Waals surface area contributed by atoms with Crippen molar-refractivity contribution in [3.05, 3.63) is 23.1 Å². The van der Waals surface area contributed by atoms with Gasteiger partial charge in [0.15, 0.2) is 6.71 Å². The summed E-state index contributed by atoms with van der Waals surface area (Å²) in [5, 5.41) is 0. The fraction of sp³-hybridized carbons (Fsp3) is 0.833. The third kappa shape index (κ3) is 7.38. The van der Waals surface area contributed by atoms with E-state index in [9.17, 15) is 8.63 Å². The van der Waals surface area contributed by atoms with Crippen molar-refractivity contribution < 1.29 is 8.63 Å². The van der Waals surface area contributed by atoms with Gasteiger partial charge >= 0.3 is 7.27 Å². The largest absolute Gasteiger partial charge is 0.567 e. The van der Waals surface area contributed by atoms with Crippen LogP contribution in [0.15, 0.2) is 23.1 Å². The van der Waals surface area contributed by atoms with Gasteiger partial charge in [-0.25, -0.2) is 0 Å². The van der Waals surface area contributed by atoms with E-state index in [1.165, 1.54) is 64.2 Å². The van der Waals surface area contributed by atoms with Gasteiger partial charge in [-0.3, -0.25) is 8.63 Å². The first kappa shape index (κ1) is 23.7. The maximum Gasteiger partial charge on any atom is 0.567 e. The summed E-state index contributed by atoms with van der Waals surface area (Å²) < 4.78 is 28.5. The molecule has 0 bridgehead atoms. The van der Waals surface area contributed by atoms with E-state index in [2.05, 4.69) is 26.0 Å². The van der Waals surface area contributed by atoms with Gasteiger partial charge < -0.3 is 0 Å². The molecule has 2 fully saturated rings. The number of unbranched alkanes of at least 4 members (excludes halogenated alkanes) is 3. The lowest BCUT2D eigenvalue weighted by molar-refractivity contribution is 0.463. The van der Waals surface area contributed by atoms with E-state index >= 15 is 0 Å². The zero-order chi connectivity index (χ0) is 20.2. The van der Waals surface area contributed by atoms with E-state index in [4.69, 9.17) is 0 Å². The summed E-state index contributed by atoms with van der Waals surface area (Å²) in [5.41, 5.74) is 1.55. The fourth-order valence-electron chi connectivity index (χ4n) is 5.59. The van der Waals surface area contributed by atoms with Crippen LogP contribution in [0.1, 0.15) is 117 Å². The Morgan fingerprint density at radius 3 is 1.82 bits per heavy atom. The van der Waals surface area contributed by atoms with Crippen molar-refractivity contribution in [3.8, 4) is 0 Å². The first-order valence-corrected chi connectivity index (χ1v) is 12.4. The lowest BCUT2D eigenvalue weighted by Crippen LogP contribution is -2.34. The summed E-state index contributed by atoms with van der Waals surface area (Å²) in [5.74, 6) is 1.25. The zero-order valence-electron chi connectivity index (χ0n) is 18.5. The molecule has 0 nitrogen and oxygen atoms in total. The number of hydrogen-bond donors (Lipinski definition) is 0. The molecule has 0 aromatic rings. The van der Waals surface area contributed by atoms with Crippen molar-refractivity contribution in [2.75, 3.05) is 0 Å². The molecule has 28 heavy (non-hydrogen) atoms. The predicted octanol–water partition coefficient (Wildman–Crippen LogP) is 8.89. The SMILES string of the molecule is CCCC/C=C/C(B(C1CCCCC1)C1CCCCC1)=C(\CCCC)B(F)F. The third-order valence-electron chi connectivity index (χ3n) is 7.13. The highest BCUT2D eigenvalue weighted by Crippen LogP contribution is 2.45. The molecule has 0 aromatic carbocycles. The Hall–Kier alpha value is -0.530. The van der Waals surface area contributed by atoms with Gasteiger partial charge in [0.1, 0.15) is 0 Å². The Labute approximate surface area is 174 Å². The molecule has 0 heterocycles. The molecule has 2 saturated carbocycles. The van der Waals surface area contributed by atoms with Crippen LogP contribution in [0.5, 0.6) is 0 Å². The lowest BCUT2D eigenvalue weighted by atomic mass is 9.26. The Balaban J connectivity index is 2.40. The predicted molar refractivity (Wildman–Crippen MR) is 123 cm³/mol. The average molecular weight is 390 g/mol. The molecule has 4 heteroatoms. The second-order valence-electron chi connectivity index (χ2n) is 9.25. The van der Waals surface area contributed by atoms with Crippen LogP contribution in [0.4, 0.5) is 8.63 Å². The van der Waals surface area contributed by atoms with Crippen molar-refractivity contribution in [2.24, 2.45) is 0 Å². The van der Waals surface area contributed by atoms with Crippen molar-refractivity contribution in [1.29, 1.82) is 0 Å². The van der Waals surface area contributed by atoms with E-state index in [-0.39, 0.29) is 0 Å². The van der Waals surface area contributed by atoms with Gasteiger partial charge in [-0.2, -0.15) is 0 Å². The summed E-state index contributed by atoms with van der Waals surface area (Å²) >= 11 is 0. The molecule has 2 aliphatic carbocycles. The Morgan fingerprint density at radius 2 is 1.36 bits per heavy atom. The molecule has 0 radical (unpaired) electrons. The van der Waals surface area contributed by atoms with Crippen LogP contribution < -0.4 is 0 Å². The van der Waals surface area contributed by atoms with Crippen molar-refractivity contribution in [1.82, 2.24) is 0 Å². The minimum absolute atomic E-state index is 0.374. The minimum Gasteiger partial charge on any atom is -0.281 e. The summed E-state index contributed by atoms with van der Waals surface area (Å²) in [6, 6.07) is 0. The Bertz CT molecular complexity index is 457. The van der Waals surface area contributed by atoms with Gasteiger partial charge in [0.05, 0.1) is 0 Å².